The molecule has 1 heterocycles. The van der Waals surface area contributed by atoms with Crippen LogP contribution >= 0.6 is 0 Å². The molecule has 11 heteroatoms. The average molecular weight is 404 g/mol. The van der Waals surface area contributed by atoms with E-state index in [2.05, 4.69) is 20.8 Å². The Balaban J connectivity index is 2.25. The van der Waals surface area contributed by atoms with Crippen molar-refractivity contribution < 1.29 is 19.2 Å². The quantitative estimate of drug-likeness (QED) is 0.423. The zero-order valence-electron chi connectivity index (χ0n) is 16.5. The minimum atomic E-state index is -0.595. The molecule has 0 saturated heterocycles. The Labute approximate surface area is 168 Å². The monoisotopic (exact) mass is 404 g/mol. The van der Waals surface area contributed by atoms with Gasteiger partial charge in [-0.25, -0.2) is 9.97 Å². The van der Waals surface area contributed by atoms with Crippen LogP contribution < -0.4 is 15.8 Å². The molecule has 1 aromatic heterocycles. The van der Waals surface area contributed by atoms with Gasteiger partial charge in [0.15, 0.2) is 0 Å². The minimum absolute atomic E-state index is 0.103. The molecule has 0 radical (unpaired) electrons. The van der Waals surface area contributed by atoms with Gasteiger partial charge in [0.1, 0.15) is 6.33 Å². The molecule has 1 aromatic carbocycles. The number of aryl methyl sites for hydroxylation is 1. The number of anilines is 2. The largest absolute Gasteiger partial charge is 0.383 e. The Kier molecular flexibility index (Phi) is 8.25. The molecule has 0 bridgehead atoms. The standard InChI is InChI=1S/C18H24N6O5/c1-13-4-6-14(7-5-13)18(25)22-21-16-15(24(26)27)17(20-12-19-16)23(8-10-28-2)9-11-29-3/h4-7,12H,8-11H2,1-3H3,(H,22,25)(H,19,20,21). The van der Waals surface area contributed by atoms with Crippen LogP contribution in [-0.2, 0) is 9.47 Å². The van der Waals surface area contributed by atoms with Gasteiger partial charge in [-0.2, -0.15) is 0 Å². The third-order valence-electron chi connectivity index (χ3n) is 4.02. The Morgan fingerprint density at radius 3 is 2.31 bits per heavy atom. The van der Waals surface area contributed by atoms with Gasteiger partial charge >= 0.3 is 5.69 Å². The van der Waals surface area contributed by atoms with Crippen molar-refractivity contribution in [2.75, 3.05) is 50.8 Å². The summed E-state index contributed by atoms with van der Waals surface area (Å²) in [6, 6.07) is 6.90. The summed E-state index contributed by atoms with van der Waals surface area (Å²) in [4.78, 5) is 33.1. The van der Waals surface area contributed by atoms with Crippen LogP contribution in [0.25, 0.3) is 0 Å². The number of methoxy groups -OCH3 is 2. The normalized spacial score (nSPS) is 10.4. The zero-order chi connectivity index (χ0) is 21.2. The summed E-state index contributed by atoms with van der Waals surface area (Å²) >= 11 is 0. The maximum Gasteiger partial charge on any atom is 0.355 e. The summed E-state index contributed by atoms with van der Waals surface area (Å²) in [5, 5.41) is 11.7. The number of benzene rings is 1. The second-order valence-corrected chi connectivity index (χ2v) is 6.07. The molecule has 2 rings (SSSR count). The molecule has 2 aromatic rings. The van der Waals surface area contributed by atoms with Crippen LogP contribution in [0.5, 0.6) is 0 Å². The van der Waals surface area contributed by atoms with Crippen LogP contribution in [0.4, 0.5) is 17.3 Å². The number of hydrogen-bond acceptors (Lipinski definition) is 9. The highest BCUT2D eigenvalue weighted by atomic mass is 16.6. The maximum atomic E-state index is 12.3. The lowest BCUT2D eigenvalue weighted by Crippen LogP contribution is -2.33. The molecular formula is C18H24N6O5. The fourth-order valence-corrected chi connectivity index (χ4v) is 2.48. The van der Waals surface area contributed by atoms with Crippen LogP contribution in [0.2, 0.25) is 0 Å². The van der Waals surface area contributed by atoms with Gasteiger partial charge in [-0.15, -0.1) is 0 Å². The van der Waals surface area contributed by atoms with Gasteiger partial charge in [-0.3, -0.25) is 25.8 Å². The van der Waals surface area contributed by atoms with Gasteiger partial charge in [-0.05, 0) is 19.1 Å². The number of hydrogen-bond donors (Lipinski definition) is 2. The molecule has 0 aliphatic heterocycles. The number of aromatic nitrogens is 2. The van der Waals surface area contributed by atoms with E-state index < -0.39 is 10.8 Å². The first kappa shape index (κ1) is 22.0. The molecule has 0 aliphatic carbocycles. The number of hydrazine groups is 1. The maximum absolute atomic E-state index is 12.3. The van der Waals surface area contributed by atoms with Gasteiger partial charge in [0.2, 0.25) is 11.6 Å². The summed E-state index contributed by atoms with van der Waals surface area (Å²) in [6.45, 7) is 3.33. The Morgan fingerprint density at radius 2 is 1.76 bits per heavy atom. The van der Waals surface area contributed by atoms with Crippen molar-refractivity contribution in [1.82, 2.24) is 15.4 Å². The highest BCUT2D eigenvalue weighted by Crippen LogP contribution is 2.31. The van der Waals surface area contributed by atoms with Gasteiger partial charge in [0, 0.05) is 32.9 Å². The number of nitro groups is 1. The van der Waals surface area contributed by atoms with Crippen LogP contribution in [0.15, 0.2) is 30.6 Å². The van der Waals surface area contributed by atoms with Gasteiger partial charge in [0.25, 0.3) is 5.91 Å². The first-order valence-corrected chi connectivity index (χ1v) is 8.83. The van der Waals surface area contributed by atoms with E-state index >= 15 is 0 Å². The Morgan fingerprint density at radius 1 is 1.14 bits per heavy atom. The second kappa shape index (κ2) is 10.9. The number of carbonyl (C=O) groups is 1. The van der Waals surface area contributed by atoms with Crippen molar-refractivity contribution in [3.05, 3.63) is 51.8 Å². The van der Waals surface area contributed by atoms with Crippen LogP contribution in [-0.4, -0.2) is 61.3 Å². The van der Waals surface area contributed by atoms with Crippen molar-refractivity contribution in [2.45, 2.75) is 6.92 Å². The number of amides is 1. The molecule has 156 valence electrons. The van der Waals surface area contributed by atoms with E-state index in [-0.39, 0.29) is 17.3 Å². The Hall–Kier alpha value is -3.31. The number of nitrogens with one attached hydrogen (secondary N) is 2. The van der Waals surface area contributed by atoms with Crippen LogP contribution in [0.1, 0.15) is 15.9 Å². The number of ether oxygens (including phenoxy) is 2. The van der Waals surface area contributed by atoms with Crippen molar-refractivity contribution in [1.29, 1.82) is 0 Å². The molecule has 0 unspecified atom stereocenters. The first-order chi connectivity index (χ1) is 14.0. The van der Waals surface area contributed by atoms with E-state index in [0.29, 0.717) is 31.9 Å². The SMILES string of the molecule is COCCN(CCOC)c1ncnc(NNC(=O)c2ccc(C)cc2)c1[N+](=O)[O-]. The van der Waals surface area contributed by atoms with Gasteiger partial charge in [0.05, 0.1) is 18.1 Å². The van der Waals surface area contributed by atoms with Gasteiger partial charge in [-0.1, -0.05) is 17.7 Å². The molecule has 0 atom stereocenters. The van der Waals surface area contributed by atoms with E-state index in [4.69, 9.17) is 9.47 Å². The molecule has 1 amide bonds. The van der Waals surface area contributed by atoms with E-state index in [1.165, 1.54) is 20.5 Å². The molecule has 0 aliphatic rings. The summed E-state index contributed by atoms with van der Waals surface area (Å²) in [5.74, 6) is -0.471. The summed E-state index contributed by atoms with van der Waals surface area (Å²) < 4.78 is 10.1. The lowest BCUT2D eigenvalue weighted by atomic mass is 10.1. The fraction of sp³-hybridized carbons (Fsp3) is 0.389. The molecule has 0 fully saturated rings. The topological polar surface area (TPSA) is 132 Å². The second-order valence-electron chi connectivity index (χ2n) is 6.07. The third kappa shape index (κ3) is 6.09. The van der Waals surface area contributed by atoms with E-state index in [1.807, 2.05) is 6.92 Å². The summed E-state index contributed by atoms with van der Waals surface area (Å²) in [5.41, 5.74) is 6.02. The van der Waals surface area contributed by atoms with Crippen LogP contribution in [0, 0.1) is 17.0 Å². The Bertz CT molecular complexity index is 822. The van der Waals surface area contributed by atoms with Crippen molar-refractivity contribution in [3.8, 4) is 0 Å². The van der Waals surface area contributed by atoms with Crippen LogP contribution in [0.3, 0.4) is 0 Å². The third-order valence-corrected chi connectivity index (χ3v) is 4.02. The number of nitrogens with zero attached hydrogens (tertiary/aromatic N) is 4. The lowest BCUT2D eigenvalue weighted by molar-refractivity contribution is -0.383. The molecular weight excluding hydrogens is 380 g/mol. The van der Waals surface area contributed by atoms with Crippen molar-refractivity contribution in [3.63, 3.8) is 0 Å². The summed E-state index contributed by atoms with van der Waals surface area (Å²) in [7, 11) is 3.08. The molecule has 11 nitrogen and oxygen atoms in total. The van der Waals surface area contributed by atoms with E-state index in [0.717, 1.165) is 5.56 Å². The van der Waals surface area contributed by atoms with E-state index in [1.54, 1.807) is 29.2 Å². The highest BCUT2D eigenvalue weighted by Gasteiger charge is 2.27. The first-order valence-electron chi connectivity index (χ1n) is 8.83. The molecule has 0 spiro atoms. The summed E-state index contributed by atoms with van der Waals surface area (Å²) in [6.07, 6.45) is 1.19. The number of rotatable bonds is 11. The zero-order valence-corrected chi connectivity index (χ0v) is 16.5. The van der Waals surface area contributed by atoms with E-state index in [9.17, 15) is 14.9 Å². The van der Waals surface area contributed by atoms with Crippen molar-refractivity contribution in [2.24, 2.45) is 0 Å². The molecule has 29 heavy (non-hydrogen) atoms. The average Bonchev–Trinajstić information content (AvgIpc) is 2.72. The smallest absolute Gasteiger partial charge is 0.355 e. The lowest BCUT2D eigenvalue weighted by Gasteiger charge is -2.23. The molecule has 0 saturated carbocycles. The fourth-order valence-electron chi connectivity index (χ4n) is 2.48. The minimum Gasteiger partial charge on any atom is -0.383 e. The number of carbonyl (C=O) groups excluding carboxylic acids is 1. The van der Waals surface area contributed by atoms with Gasteiger partial charge < -0.3 is 14.4 Å². The molecule has 2 N–H and O–H groups in total. The highest BCUT2D eigenvalue weighted by molar-refractivity contribution is 5.95. The predicted molar refractivity (Wildman–Crippen MR) is 107 cm³/mol. The van der Waals surface area contributed by atoms with Crippen molar-refractivity contribution >= 4 is 23.2 Å². The predicted octanol–water partition coefficient (Wildman–Crippen LogP) is 1.55.